The van der Waals surface area contributed by atoms with Gasteiger partial charge in [-0.2, -0.15) is 0 Å². The fourth-order valence-corrected chi connectivity index (χ4v) is 5.29. The molecule has 0 radical (unpaired) electrons. The molecule has 1 unspecified atom stereocenters. The monoisotopic (exact) mass is 525 g/mol. The maximum Gasteiger partial charge on any atom is 0.244 e. The van der Waals surface area contributed by atoms with Gasteiger partial charge in [0.2, 0.25) is 21.8 Å². The van der Waals surface area contributed by atoms with Crippen LogP contribution in [-0.4, -0.2) is 50.0 Å². The molecule has 10 heteroatoms. The minimum Gasteiger partial charge on any atom is -0.352 e. The first-order chi connectivity index (χ1) is 16.0. The number of amides is 2. The van der Waals surface area contributed by atoms with Crippen molar-refractivity contribution in [2.75, 3.05) is 17.1 Å². The number of hydrogen-bond acceptors (Lipinski definition) is 4. The van der Waals surface area contributed by atoms with Gasteiger partial charge >= 0.3 is 0 Å². The third kappa shape index (κ3) is 7.10. The number of carbonyl (C=O) groups is 2. The molecular weight excluding hydrogens is 497 g/mol. The van der Waals surface area contributed by atoms with Gasteiger partial charge in [-0.15, -0.1) is 0 Å². The van der Waals surface area contributed by atoms with E-state index in [0.29, 0.717) is 10.0 Å². The molecule has 184 valence electrons. The average molecular weight is 526 g/mol. The summed E-state index contributed by atoms with van der Waals surface area (Å²) in [5.41, 5.74) is 1.00. The summed E-state index contributed by atoms with van der Waals surface area (Å²) in [5, 5.41) is 3.88. The first kappa shape index (κ1) is 26.3. The van der Waals surface area contributed by atoms with Crippen molar-refractivity contribution in [1.29, 1.82) is 0 Å². The molecule has 0 aromatic heterocycles. The molecule has 0 saturated heterocycles. The summed E-state index contributed by atoms with van der Waals surface area (Å²) in [4.78, 5) is 27.9. The van der Waals surface area contributed by atoms with Crippen LogP contribution in [0.3, 0.4) is 0 Å². The average Bonchev–Trinajstić information content (AvgIpc) is 3.27. The predicted molar refractivity (Wildman–Crippen MR) is 136 cm³/mol. The molecule has 3 rings (SSSR count). The topological polar surface area (TPSA) is 86.8 Å². The van der Waals surface area contributed by atoms with Crippen LogP contribution in [0.5, 0.6) is 0 Å². The third-order valence-corrected chi connectivity index (χ3v) is 7.50. The quantitative estimate of drug-likeness (QED) is 0.530. The van der Waals surface area contributed by atoms with Crippen LogP contribution in [0, 0.1) is 0 Å². The lowest BCUT2D eigenvalue weighted by Crippen LogP contribution is -2.52. The van der Waals surface area contributed by atoms with Crippen molar-refractivity contribution in [3.8, 4) is 0 Å². The lowest BCUT2D eigenvalue weighted by atomic mass is 10.1. The van der Waals surface area contributed by atoms with Crippen LogP contribution >= 0.6 is 23.2 Å². The Morgan fingerprint density at radius 2 is 1.68 bits per heavy atom. The van der Waals surface area contributed by atoms with Gasteiger partial charge in [0.15, 0.2) is 0 Å². The molecule has 1 N–H and O–H groups in total. The molecule has 2 amide bonds. The Morgan fingerprint density at radius 3 is 2.26 bits per heavy atom. The highest BCUT2D eigenvalue weighted by molar-refractivity contribution is 7.92. The summed E-state index contributed by atoms with van der Waals surface area (Å²) in [5.74, 6) is -0.782. The van der Waals surface area contributed by atoms with Crippen molar-refractivity contribution in [1.82, 2.24) is 10.2 Å². The largest absolute Gasteiger partial charge is 0.352 e. The highest BCUT2D eigenvalue weighted by Crippen LogP contribution is 2.23. The second-order valence-electron chi connectivity index (χ2n) is 8.57. The first-order valence-corrected chi connectivity index (χ1v) is 13.7. The van der Waals surface area contributed by atoms with Crippen LogP contribution in [0.4, 0.5) is 5.69 Å². The van der Waals surface area contributed by atoms with Crippen molar-refractivity contribution in [3.63, 3.8) is 0 Å². The minimum absolute atomic E-state index is 0.0945. The fourth-order valence-electron chi connectivity index (χ4n) is 4.05. The van der Waals surface area contributed by atoms with E-state index in [0.717, 1.165) is 41.8 Å². The molecule has 1 saturated carbocycles. The normalized spacial score (nSPS) is 15.1. The lowest BCUT2D eigenvalue weighted by molar-refractivity contribution is -0.139. The summed E-state index contributed by atoms with van der Waals surface area (Å²) < 4.78 is 26.1. The van der Waals surface area contributed by atoms with E-state index in [-0.39, 0.29) is 24.2 Å². The van der Waals surface area contributed by atoms with E-state index in [2.05, 4.69) is 5.32 Å². The van der Waals surface area contributed by atoms with Crippen LogP contribution in [0.1, 0.15) is 38.2 Å². The molecular formula is C24H29Cl2N3O4S. The van der Waals surface area contributed by atoms with Gasteiger partial charge in [0.25, 0.3) is 0 Å². The minimum atomic E-state index is -3.80. The Bertz CT molecular complexity index is 1140. The second kappa shape index (κ2) is 11.4. The number of benzene rings is 2. The van der Waals surface area contributed by atoms with Crippen LogP contribution in [0.2, 0.25) is 10.0 Å². The molecule has 7 nitrogen and oxygen atoms in total. The van der Waals surface area contributed by atoms with Crippen LogP contribution in [0.25, 0.3) is 0 Å². The maximum absolute atomic E-state index is 13.5. The van der Waals surface area contributed by atoms with Gasteiger partial charge in [0.1, 0.15) is 12.6 Å². The van der Waals surface area contributed by atoms with Gasteiger partial charge in [-0.05, 0) is 55.7 Å². The van der Waals surface area contributed by atoms with Crippen molar-refractivity contribution >= 4 is 50.7 Å². The third-order valence-electron chi connectivity index (χ3n) is 5.89. The standard InChI is InChI=1S/C24H29Cl2N3O4S/c1-17(24(31)27-21-10-3-4-11-21)28(15-18-7-5-8-19(25)13-18)23(30)16-29(34(2,32)33)22-12-6-9-20(26)14-22/h5-9,12-14,17,21H,3-4,10-11,15-16H2,1-2H3,(H,27,31). The number of nitrogens with one attached hydrogen (secondary N) is 1. The summed E-state index contributed by atoms with van der Waals surface area (Å²) in [6.45, 7) is 1.28. The molecule has 2 aromatic carbocycles. The molecule has 1 fully saturated rings. The Balaban J connectivity index is 1.88. The fraction of sp³-hybridized carbons (Fsp3) is 0.417. The number of nitrogens with zero attached hydrogens (tertiary/aromatic N) is 2. The zero-order valence-electron chi connectivity index (χ0n) is 19.2. The zero-order chi connectivity index (χ0) is 24.9. The molecule has 1 aliphatic rings. The van der Waals surface area contributed by atoms with E-state index in [9.17, 15) is 18.0 Å². The molecule has 2 aromatic rings. The lowest BCUT2D eigenvalue weighted by Gasteiger charge is -2.32. The number of carbonyl (C=O) groups excluding carboxylic acids is 2. The van der Waals surface area contributed by atoms with Gasteiger partial charge in [0.05, 0.1) is 11.9 Å². The van der Waals surface area contributed by atoms with Crippen molar-refractivity contribution in [2.45, 2.75) is 51.2 Å². The zero-order valence-corrected chi connectivity index (χ0v) is 21.5. The van der Waals surface area contributed by atoms with E-state index < -0.39 is 28.5 Å². The molecule has 0 heterocycles. The Kier molecular flexibility index (Phi) is 8.84. The number of anilines is 1. The summed E-state index contributed by atoms with van der Waals surface area (Å²) in [6, 6.07) is 12.6. The number of sulfonamides is 1. The SMILES string of the molecule is CC(C(=O)NC1CCCC1)N(Cc1cccc(Cl)c1)C(=O)CN(c1cccc(Cl)c1)S(C)(=O)=O. The molecule has 0 bridgehead atoms. The Morgan fingerprint density at radius 1 is 1.06 bits per heavy atom. The summed E-state index contributed by atoms with van der Waals surface area (Å²) in [7, 11) is -3.80. The van der Waals surface area contributed by atoms with Crippen LogP contribution in [0.15, 0.2) is 48.5 Å². The molecule has 1 atom stereocenters. The van der Waals surface area contributed by atoms with E-state index in [1.54, 1.807) is 49.4 Å². The van der Waals surface area contributed by atoms with Gasteiger partial charge in [0, 0.05) is 22.6 Å². The highest BCUT2D eigenvalue weighted by atomic mass is 35.5. The van der Waals surface area contributed by atoms with Gasteiger partial charge in [-0.25, -0.2) is 8.42 Å². The Hall–Kier alpha value is -2.29. The van der Waals surface area contributed by atoms with E-state index in [4.69, 9.17) is 23.2 Å². The van der Waals surface area contributed by atoms with E-state index in [1.165, 1.54) is 11.0 Å². The van der Waals surface area contributed by atoms with Crippen molar-refractivity contribution in [2.24, 2.45) is 0 Å². The molecule has 1 aliphatic carbocycles. The predicted octanol–water partition coefficient (Wildman–Crippen LogP) is 4.24. The van der Waals surface area contributed by atoms with Gasteiger partial charge in [-0.3, -0.25) is 13.9 Å². The smallest absolute Gasteiger partial charge is 0.244 e. The van der Waals surface area contributed by atoms with Crippen LogP contribution < -0.4 is 9.62 Å². The molecule has 34 heavy (non-hydrogen) atoms. The Labute approximate surface area is 211 Å². The van der Waals surface area contributed by atoms with E-state index in [1.807, 2.05) is 0 Å². The molecule has 0 aliphatic heterocycles. The summed E-state index contributed by atoms with van der Waals surface area (Å²) in [6.07, 6.45) is 4.98. The van der Waals surface area contributed by atoms with E-state index >= 15 is 0 Å². The summed E-state index contributed by atoms with van der Waals surface area (Å²) >= 11 is 12.2. The van der Waals surface area contributed by atoms with Crippen LogP contribution in [-0.2, 0) is 26.2 Å². The highest BCUT2D eigenvalue weighted by Gasteiger charge is 2.31. The number of halogens is 2. The van der Waals surface area contributed by atoms with Gasteiger partial charge in [-0.1, -0.05) is 54.2 Å². The number of rotatable bonds is 9. The maximum atomic E-state index is 13.5. The molecule has 0 spiro atoms. The van der Waals surface area contributed by atoms with Crippen molar-refractivity contribution in [3.05, 3.63) is 64.1 Å². The first-order valence-electron chi connectivity index (χ1n) is 11.1. The van der Waals surface area contributed by atoms with Crippen molar-refractivity contribution < 1.29 is 18.0 Å². The van der Waals surface area contributed by atoms with Gasteiger partial charge < -0.3 is 10.2 Å². The number of hydrogen-bond donors (Lipinski definition) is 1. The second-order valence-corrected chi connectivity index (χ2v) is 11.3.